The first-order valence-electron chi connectivity index (χ1n) is 6.30. The van der Waals surface area contributed by atoms with Crippen molar-refractivity contribution in [2.75, 3.05) is 38.7 Å². The minimum absolute atomic E-state index is 0.00657. The maximum absolute atomic E-state index is 12.2. The van der Waals surface area contributed by atoms with E-state index in [9.17, 15) is 4.79 Å². The zero-order chi connectivity index (χ0) is 14.5. The molecule has 0 bridgehead atoms. The van der Waals surface area contributed by atoms with Gasteiger partial charge in [0.15, 0.2) is 5.82 Å². The summed E-state index contributed by atoms with van der Waals surface area (Å²) in [5.41, 5.74) is 2.81. The minimum atomic E-state index is -0.233. The molecule has 0 spiro atoms. The Morgan fingerprint density at radius 3 is 3.20 bits per heavy atom. The van der Waals surface area contributed by atoms with Crippen molar-refractivity contribution in [2.45, 2.75) is 6.10 Å². The Morgan fingerprint density at radius 2 is 2.50 bits per heavy atom. The second-order valence-corrected chi connectivity index (χ2v) is 5.57. The number of pyridine rings is 1. The summed E-state index contributed by atoms with van der Waals surface area (Å²) >= 11 is 3.29. The molecule has 8 heteroatoms. The molecule has 4 N–H and O–H groups in total. The third-order valence-corrected chi connectivity index (χ3v) is 3.50. The van der Waals surface area contributed by atoms with Gasteiger partial charge in [-0.25, -0.2) is 10.8 Å². The number of amides is 1. The van der Waals surface area contributed by atoms with Gasteiger partial charge in [0.25, 0.3) is 5.91 Å². The van der Waals surface area contributed by atoms with Crippen molar-refractivity contribution in [3.05, 3.63) is 22.3 Å². The number of ether oxygens (including phenoxy) is 1. The summed E-state index contributed by atoms with van der Waals surface area (Å²) in [5.74, 6) is 5.46. The molecule has 110 valence electrons. The van der Waals surface area contributed by atoms with E-state index in [4.69, 9.17) is 10.6 Å². The summed E-state index contributed by atoms with van der Waals surface area (Å²) in [4.78, 5) is 18.4. The number of likely N-dealkylation sites (N-methyl/N-ethyl adjacent to an activating group) is 1. The number of nitrogens with one attached hydrogen (secondary N) is 2. The monoisotopic (exact) mass is 343 g/mol. The largest absolute Gasteiger partial charge is 0.374 e. The van der Waals surface area contributed by atoms with Crippen LogP contribution in [-0.4, -0.2) is 55.2 Å². The van der Waals surface area contributed by atoms with E-state index in [1.54, 1.807) is 12.3 Å². The highest BCUT2D eigenvalue weighted by Gasteiger charge is 2.19. The normalized spacial score (nSPS) is 19.6. The quantitative estimate of drug-likeness (QED) is 0.534. The number of halogens is 1. The highest BCUT2D eigenvalue weighted by molar-refractivity contribution is 9.10. The first-order valence-corrected chi connectivity index (χ1v) is 7.10. The van der Waals surface area contributed by atoms with E-state index in [2.05, 4.69) is 36.6 Å². The Labute approximate surface area is 126 Å². The third kappa shape index (κ3) is 3.89. The van der Waals surface area contributed by atoms with Crippen LogP contribution in [0.15, 0.2) is 16.7 Å². The molecular weight excluding hydrogens is 326 g/mol. The van der Waals surface area contributed by atoms with E-state index in [0.717, 1.165) is 17.6 Å². The Balaban J connectivity index is 1.96. The number of nitrogens with zero attached hydrogens (tertiary/aromatic N) is 2. The van der Waals surface area contributed by atoms with Gasteiger partial charge < -0.3 is 20.4 Å². The number of hydrogen-bond donors (Lipinski definition) is 3. The zero-order valence-electron chi connectivity index (χ0n) is 11.2. The Hall–Kier alpha value is -1.22. The lowest BCUT2D eigenvalue weighted by Crippen LogP contribution is -2.46. The Morgan fingerprint density at radius 1 is 1.70 bits per heavy atom. The maximum Gasteiger partial charge on any atom is 0.255 e. The van der Waals surface area contributed by atoms with Crippen LogP contribution in [0.25, 0.3) is 0 Å². The second kappa shape index (κ2) is 6.98. The average Bonchev–Trinajstić information content (AvgIpc) is 2.45. The van der Waals surface area contributed by atoms with Gasteiger partial charge in [-0.2, -0.15) is 0 Å². The number of morpholine rings is 1. The van der Waals surface area contributed by atoms with Crippen molar-refractivity contribution in [3.8, 4) is 0 Å². The van der Waals surface area contributed by atoms with Crippen LogP contribution in [-0.2, 0) is 4.74 Å². The number of hydrogen-bond acceptors (Lipinski definition) is 6. The molecule has 1 aliphatic heterocycles. The molecule has 1 amide bonds. The van der Waals surface area contributed by atoms with Crippen LogP contribution in [0.1, 0.15) is 10.4 Å². The molecule has 2 heterocycles. The van der Waals surface area contributed by atoms with Crippen LogP contribution in [0.2, 0.25) is 0 Å². The summed E-state index contributed by atoms with van der Waals surface area (Å²) in [6, 6.07) is 1.67. The Kier molecular flexibility index (Phi) is 5.30. The van der Waals surface area contributed by atoms with Gasteiger partial charge in [-0.1, -0.05) is 0 Å². The lowest BCUT2D eigenvalue weighted by Gasteiger charge is -2.30. The highest BCUT2D eigenvalue weighted by Crippen LogP contribution is 2.17. The summed E-state index contributed by atoms with van der Waals surface area (Å²) in [7, 11) is 2.03. The molecule has 2 rings (SSSR count). The van der Waals surface area contributed by atoms with E-state index < -0.39 is 0 Å². The molecule has 0 aromatic carbocycles. The van der Waals surface area contributed by atoms with Crippen LogP contribution in [0, 0.1) is 0 Å². The summed E-state index contributed by atoms with van der Waals surface area (Å²) < 4.78 is 6.31. The standard InChI is InChI=1S/C12H18BrN5O2/c1-18-2-3-20-9(7-18)6-16-12(19)10-4-8(13)5-15-11(10)17-14/h4-5,9H,2-3,6-7,14H2,1H3,(H,15,17)(H,16,19). The van der Waals surface area contributed by atoms with Gasteiger partial charge in [0.05, 0.1) is 18.3 Å². The van der Waals surface area contributed by atoms with Crippen LogP contribution in [0.5, 0.6) is 0 Å². The number of nitrogens with two attached hydrogens (primary N) is 1. The summed E-state index contributed by atoms with van der Waals surface area (Å²) in [5, 5.41) is 2.84. The number of carbonyl (C=O) groups excluding carboxylic acids is 1. The average molecular weight is 344 g/mol. The van der Waals surface area contributed by atoms with Gasteiger partial charge in [0.2, 0.25) is 0 Å². The van der Waals surface area contributed by atoms with Gasteiger partial charge >= 0.3 is 0 Å². The minimum Gasteiger partial charge on any atom is -0.374 e. The van der Waals surface area contributed by atoms with Crippen LogP contribution >= 0.6 is 15.9 Å². The molecule has 0 radical (unpaired) electrons. The fourth-order valence-electron chi connectivity index (χ4n) is 2.02. The second-order valence-electron chi connectivity index (χ2n) is 4.66. The van der Waals surface area contributed by atoms with Gasteiger partial charge in [0.1, 0.15) is 0 Å². The van der Waals surface area contributed by atoms with Crippen LogP contribution in [0.3, 0.4) is 0 Å². The molecule has 0 saturated carbocycles. The molecule has 1 fully saturated rings. The molecule has 1 aromatic rings. The predicted molar refractivity (Wildman–Crippen MR) is 79.3 cm³/mol. The lowest BCUT2D eigenvalue weighted by atomic mass is 10.2. The SMILES string of the molecule is CN1CCOC(CNC(=O)c2cc(Br)cnc2NN)C1. The van der Waals surface area contributed by atoms with Crippen molar-refractivity contribution < 1.29 is 9.53 Å². The molecular formula is C12H18BrN5O2. The molecule has 0 aliphatic carbocycles. The number of aromatic nitrogens is 1. The number of carbonyl (C=O) groups is 1. The smallest absolute Gasteiger partial charge is 0.255 e. The maximum atomic E-state index is 12.2. The highest BCUT2D eigenvalue weighted by atomic mass is 79.9. The van der Waals surface area contributed by atoms with Crippen LogP contribution < -0.4 is 16.6 Å². The molecule has 1 aromatic heterocycles. The van der Waals surface area contributed by atoms with E-state index in [-0.39, 0.29) is 12.0 Å². The number of hydrazine groups is 1. The van der Waals surface area contributed by atoms with E-state index in [1.165, 1.54) is 0 Å². The number of nitrogen functional groups attached to an aromatic ring is 1. The lowest BCUT2D eigenvalue weighted by molar-refractivity contribution is -0.0175. The third-order valence-electron chi connectivity index (χ3n) is 3.07. The molecule has 1 aliphatic rings. The van der Waals surface area contributed by atoms with Gasteiger partial charge in [-0.15, -0.1) is 0 Å². The summed E-state index contributed by atoms with van der Waals surface area (Å²) in [6.07, 6.45) is 1.58. The van der Waals surface area contributed by atoms with E-state index in [0.29, 0.717) is 24.5 Å². The van der Waals surface area contributed by atoms with Crippen molar-refractivity contribution in [1.29, 1.82) is 0 Å². The Bertz CT molecular complexity index is 485. The van der Waals surface area contributed by atoms with E-state index >= 15 is 0 Å². The first-order chi connectivity index (χ1) is 9.60. The summed E-state index contributed by atoms with van der Waals surface area (Å²) in [6.45, 7) is 2.87. The van der Waals surface area contributed by atoms with Crippen molar-refractivity contribution >= 4 is 27.7 Å². The molecule has 7 nitrogen and oxygen atoms in total. The van der Waals surface area contributed by atoms with Gasteiger partial charge in [0, 0.05) is 30.3 Å². The van der Waals surface area contributed by atoms with Crippen molar-refractivity contribution in [3.63, 3.8) is 0 Å². The van der Waals surface area contributed by atoms with Crippen molar-refractivity contribution in [2.24, 2.45) is 5.84 Å². The fraction of sp³-hybridized carbons (Fsp3) is 0.500. The predicted octanol–water partition coefficient (Wildman–Crippen LogP) is 0.190. The van der Waals surface area contributed by atoms with Gasteiger partial charge in [-0.05, 0) is 29.0 Å². The number of anilines is 1. The van der Waals surface area contributed by atoms with Gasteiger partial charge in [-0.3, -0.25) is 4.79 Å². The number of rotatable bonds is 4. The van der Waals surface area contributed by atoms with E-state index in [1.807, 2.05) is 7.05 Å². The molecule has 1 atom stereocenters. The zero-order valence-corrected chi connectivity index (χ0v) is 12.8. The molecule has 1 unspecified atom stereocenters. The molecule has 20 heavy (non-hydrogen) atoms. The van der Waals surface area contributed by atoms with Crippen LogP contribution in [0.4, 0.5) is 5.82 Å². The molecule has 1 saturated heterocycles. The first kappa shape index (κ1) is 15.2. The van der Waals surface area contributed by atoms with Crippen molar-refractivity contribution in [1.82, 2.24) is 15.2 Å². The topological polar surface area (TPSA) is 92.5 Å². The fourth-order valence-corrected chi connectivity index (χ4v) is 2.35.